The molecule has 1 aromatic heterocycles. The quantitative estimate of drug-likeness (QED) is 0.916. The molecule has 0 aliphatic carbocycles. The van der Waals surface area contributed by atoms with Crippen LogP contribution in [0.15, 0.2) is 12.1 Å². The number of hydrogen-bond acceptors (Lipinski definition) is 3. The van der Waals surface area contributed by atoms with Crippen LogP contribution >= 0.6 is 11.6 Å². The van der Waals surface area contributed by atoms with Crippen molar-refractivity contribution in [2.75, 3.05) is 0 Å². The lowest BCUT2D eigenvalue weighted by Crippen LogP contribution is -2.31. The summed E-state index contributed by atoms with van der Waals surface area (Å²) in [6.07, 6.45) is -6.64. The van der Waals surface area contributed by atoms with Crippen LogP contribution in [0.1, 0.15) is 17.4 Å². The van der Waals surface area contributed by atoms with E-state index in [1.165, 1.54) is 0 Å². The highest BCUT2D eigenvalue weighted by atomic mass is 35.5. The van der Waals surface area contributed by atoms with Crippen molar-refractivity contribution in [1.82, 2.24) is 4.98 Å². The van der Waals surface area contributed by atoms with Gasteiger partial charge in [0, 0.05) is 6.07 Å². The van der Waals surface area contributed by atoms with E-state index in [0.29, 0.717) is 0 Å². The molecule has 1 aromatic rings. The number of aromatic nitrogens is 1. The molecule has 17 heavy (non-hydrogen) atoms. The van der Waals surface area contributed by atoms with E-state index in [1.807, 2.05) is 0 Å². The van der Waals surface area contributed by atoms with Crippen LogP contribution in [0, 0.1) is 0 Å². The van der Waals surface area contributed by atoms with Crippen LogP contribution < -0.4 is 4.74 Å². The van der Waals surface area contributed by atoms with Crippen LogP contribution in [0.2, 0.25) is 5.02 Å². The number of aromatic carboxylic acids is 1. The molecule has 0 aromatic carbocycles. The van der Waals surface area contributed by atoms with Crippen molar-refractivity contribution in [2.45, 2.75) is 19.2 Å². The summed E-state index contributed by atoms with van der Waals surface area (Å²) in [6, 6.07) is 2.17. The van der Waals surface area contributed by atoms with E-state index in [0.717, 1.165) is 19.1 Å². The van der Waals surface area contributed by atoms with Gasteiger partial charge in [0.05, 0.1) is 5.02 Å². The van der Waals surface area contributed by atoms with Crippen LogP contribution in [-0.2, 0) is 0 Å². The summed E-state index contributed by atoms with van der Waals surface area (Å²) in [5.74, 6) is -1.89. The molecule has 0 fully saturated rings. The van der Waals surface area contributed by atoms with Crippen molar-refractivity contribution >= 4 is 17.6 Å². The Kier molecular flexibility index (Phi) is 3.82. The highest BCUT2D eigenvalue weighted by molar-refractivity contribution is 6.33. The Balaban J connectivity index is 2.94. The number of rotatable bonds is 3. The normalized spacial score (nSPS) is 13.2. The number of halogens is 4. The second kappa shape index (κ2) is 4.79. The number of pyridine rings is 1. The third-order valence-electron chi connectivity index (χ3n) is 1.78. The molecule has 0 amide bonds. The fraction of sp³-hybridized carbons (Fsp3) is 0.333. The van der Waals surface area contributed by atoms with E-state index in [1.54, 1.807) is 0 Å². The largest absolute Gasteiger partial charge is 0.476 e. The number of nitrogens with zero attached hydrogens (tertiary/aromatic N) is 1. The van der Waals surface area contributed by atoms with Gasteiger partial charge in [0.2, 0.25) is 5.88 Å². The fourth-order valence-electron chi connectivity index (χ4n) is 0.888. The van der Waals surface area contributed by atoms with Gasteiger partial charge in [-0.1, -0.05) is 11.6 Å². The van der Waals surface area contributed by atoms with Gasteiger partial charge in [0.15, 0.2) is 11.8 Å². The maximum Gasteiger partial charge on any atom is 0.425 e. The molecule has 1 unspecified atom stereocenters. The third-order valence-corrected chi connectivity index (χ3v) is 2.09. The maximum atomic E-state index is 12.2. The molecule has 0 saturated heterocycles. The van der Waals surface area contributed by atoms with Crippen LogP contribution in [0.25, 0.3) is 0 Å². The summed E-state index contributed by atoms with van der Waals surface area (Å²) >= 11 is 5.50. The molecular formula is C9H7ClF3NO3. The number of hydrogen-bond donors (Lipinski definition) is 1. The summed E-state index contributed by atoms with van der Waals surface area (Å²) in [6.45, 7) is 0.788. The summed E-state index contributed by atoms with van der Waals surface area (Å²) in [5, 5.41) is 8.48. The van der Waals surface area contributed by atoms with Gasteiger partial charge < -0.3 is 9.84 Å². The van der Waals surface area contributed by atoms with E-state index in [4.69, 9.17) is 16.7 Å². The summed E-state index contributed by atoms with van der Waals surface area (Å²) < 4.78 is 41.0. The van der Waals surface area contributed by atoms with Crippen LogP contribution in [-0.4, -0.2) is 28.3 Å². The molecule has 0 saturated carbocycles. The van der Waals surface area contributed by atoms with E-state index in [-0.39, 0.29) is 5.02 Å². The number of alkyl halides is 3. The fourth-order valence-corrected chi connectivity index (χ4v) is 1.07. The lowest BCUT2D eigenvalue weighted by atomic mass is 10.3. The van der Waals surface area contributed by atoms with E-state index < -0.39 is 29.8 Å². The van der Waals surface area contributed by atoms with Crippen molar-refractivity contribution in [3.8, 4) is 5.88 Å². The van der Waals surface area contributed by atoms with Crippen molar-refractivity contribution in [1.29, 1.82) is 0 Å². The third kappa shape index (κ3) is 3.48. The van der Waals surface area contributed by atoms with Gasteiger partial charge in [-0.15, -0.1) is 0 Å². The highest BCUT2D eigenvalue weighted by Crippen LogP contribution is 2.25. The van der Waals surface area contributed by atoms with Crippen molar-refractivity contribution in [3.63, 3.8) is 0 Å². The summed E-state index contributed by atoms with van der Waals surface area (Å²) in [5.41, 5.74) is -0.557. The Labute approximate surface area is 99.0 Å². The first-order valence-corrected chi connectivity index (χ1v) is 4.73. The van der Waals surface area contributed by atoms with Gasteiger partial charge in [0.25, 0.3) is 0 Å². The SMILES string of the molecule is CC(Oc1ccc(Cl)c(C(=O)O)n1)C(F)(F)F. The molecule has 0 aliphatic heterocycles. The molecule has 1 heterocycles. The Bertz CT molecular complexity index is 436. The first-order valence-electron chi connectivity index (χ1n) is 4.35. The minimum Gasteiger partial charge on any atom is -0.476 e. The monoisotopic (exact) mass is 269 g/mol. The summed E-state index contributed by atoms with van der Waals surface area (Å²) in [4.78, 5) is 14.0. The zero-order valence-corrected chi connectivity index (χ0v) is 9.21. The van der Waals surface area contributed by atoms with Crippen molar-refractivity contribution < 1.29 is 27.8 Å². The average Bonchev–Trinajstić information content (AvgIpc) is 2.19. The van der Waals surface area contributed by atoms with Gasteiger partial charge in [-0.2, -0.15) is 13.2 Å². The zero-order chi connectivity index (χ0) is 13.2. The van der Waals surface area contributed by atoms with Crippen LogP contribution in [0.5, 0.6) is 5.88 Å². The minimum absolute atomic E-state index is 0.176. The molecule has 0 bridgehead atoms. The molecule has 4 nitrogen and oxygen atoms in total. The molecule has 0 radical (unpaired) electrons. The van der Waals surface area contributed by atoms with Crippen LogP contribution in [0.4, 0.5) is 13.2 Å². The molecule has 8 heteroatoms. The second-order valence-corrected chi connectivity index (χ2v) is 3.49. The van der Waals surface area contributed by atoms with Crippen molar-refractivity contribution in [3.05, 3.63) is 22.8 Å². The summed E-state index contributed by atoms with van der Waals surface area (Å²) in [7, 11) is 0. The first kappa shape index (κ1) is 13.6. The van der Waals surface area contributed by atoms with E-state index in [9.17, 15) is 18.0 Å². The predicted octanol–water partition coefficient (Wildman–Crippen LogP) is 2.76. The number of ether oxygens (including phenoxy) is 1. The van der Waals surface area contributed by atoms with Gasteiger partial charge >= 0.3 is 12.1 Å². The van der Waals surface area contributed by atoms with Crippen LogP contribution in [0.3, 0.4) is 0 Å². The maximum absolute atomic E-state index is 12.2. The number of carboxylic acids is 1. The van der Waals surface area contributed by atoms with Gasteiger partial charge in [-0.05, 0) is 13.0 Å². The second-order valence-electron chi connectivity index (χ2n) is 3.09. The molecule has 0 spiro atoms. The topological polar surface area (TPSA) is 59.4 Å². The molecule has 0 aliphatic rings. The lowest BCUT2D eigenvalue weighted by Gasteiger charge is -2.17. The predicted molar refractivity (Wildman–Crippen MR) is 52.4 cm³/mol. The Hall–Kier alpha value is -1.50. The highest BCUT2D eigenvalue weighted by Gasteiger charge is 2.38. The molecule has 1 atom stereocenters. The van der Waals surface area contributed by atoms with E-state index in [2.05, 4.69) is 9.72 Å². The van der Waals surface area contributed by atoms with Crippen molar-refractivity contribution in [2.24, 2.45) is 0 Å². The Morgan fingerprint density at radius 1 is 1.53 bits per heavy atom. The first-order chi connectivity index (χ1) is 7.71. The number of carbonyl (C=O) groups is 1. The van der Waals surface area contributed by atoms with Gasteiger partial charge in [-0.25, -0.2) is 9.78 Å². The smallest absolute Gasteiger partial charge is 0.425 e. The standard InChI is InChI=1S/C9H7ClF3NO3/c1-4(9(11,12)13)17-6-3-2-5(10)7(14-6)8(15)16/h2-4H,1H3,(H,15,16). The molecule has 94 valence electrons. The van der Waals surface area contributed by atoms with Gasteiger partial charge in [0.1, 0.15) is 0 Å². The van der Waals surface area contributed by atoms with Gasteiger partial charge in [-0.3, -0.25) is 0 Å². The molecule has 1 rings (SSSR count). The average molecular weight is 270 g/mol. The van der Waals surface area contributed by atoms with E-state index >= 15 is 0 Å². The Morgan fingerprint density at radius 3 is 2.59 bits per heavy atom. The Morgan fingerprint density at radius 2 is 2.12 bits per heavy atom. The molecular weight excluding hydrogens is 263 g/mol. The zero-order valence-electron chi connectivity index (χ0n) is 8.45. The lowest BCUT2D eigenvalue weighted by molar-refractivity contribution is -0.189. The minimum atomic E-state index is -4.55. The molecule has 1 N–H and O–H groups in total. The number of carboxylic acid groups (broad SMARTS) is 1.